The molecule has 0 radical (unpaired) electrons. The van der Waals surface area contributed by atoms with E-state index >= 15 is 0 Å². The SMILES string of the molecule is C=CC=CC(=O)Oc1ccc(CCC(=O)OCCCC)cc1. The van der Waals surface area contributed by atoms with Crippen LogP contribution in [0.3, 0.4) is 0 Å². The number of hydrogen-bond acceptors (Lipinski definition) is 4. The Labute approximate surface area is 131 Å². The second kappa shape index (κ2) is 10.4. The van der Waals surface area contributed by atoms with Gasteiger partial charge in [-0.1, -0.05) is 44.2 Å². The molecule has 0 saturated heterocycles. The lowest BCUT2D eigenvalue weighted by Gasteiger charge is -2.05. The smallest absolute Gasteiger partial charge is 0.336 e. The number of benzene rings is 1. The van der Waals surface area contributed by atoms with Crippen LogP contribution < -0.4 is 4.74 Å². The molecular formula is C18H22O4. The zero-order valence-corrected chi connectivity index (χ0v) is 12.9. The monoisotopic (exact) mass is 302 g/mol. The quantitative estimate of drug-likeness (QED) is 0.230. The Balaban J connectivity index is 2.38. The molecule has 0 amide bonds. The molecule has 118 valence electrons. The van der Waals surface area contributed by atoms with Crippen molar-refractivity contribution < 1.29 is 19.1 Å². The molecule has 1 aromatic carbocycles. The van der Waals surface area contributed by atoms with Gasteiger partial charge in [-0.25, -0.2) is 4.79 Å². The van der Waals surface area contributed by atoms with E-state index in [0.717, 1.165) is 18.4 Å². The number of allylic oxidation sites excluding steroid dienone is 2. The largest absolute Gasteiger partial charge is 0.466 e. The Kier molecular flexibility index (Phi) is 8.35. The van der Waals surface area contributed by atoms with E-state index in [0.29, 0.717) is 25.2 Å². The molecule has 0 saturated carbocycles. The van der Waals surface area contributed by atoms with Gasteiger partial charge >= 0.3 is 11.9 Å². The van der Waals surface area contributed by atoms with E-state index in [4.69, 9.17) is 9.47 Å². The van der Waals surface area contributed by atoms with Crippen molar-refractivity contribution in [3.63, 3.8) is 0 Å². The Morgan fingerprint density at radius 1 is 1.23 bits per heavy atom. The van der Waals surface area contributed by atoms with Crippen LogP contribution in [0, 0.1) is 0 Å². The lowest BCUT2D eigenvalue weighted by Crippen LogP contribution is -2.07. The highest BCUT2D eigenvalue weighted by molar-refractivity contribution is 5.84. The summed E-state index contributed by atoms with van der Waals surface area (Å²) in [6.45, 7) is 6.02. The van der Waals surface area contributed by atoms with Gasteiger partial charge in [0.05, 0.1) is 6.61 Å². The molecule has 0 fully saturated rings. The van der Waals surface area contributed by atoms with Gasteiger partial charge in [0, 0.05) is 12.5 Å². The molecule has 4 nitrogen and oxygen atoms in total. The first kappa shape index (κ1) is 17.7. The average molecular weight is 302 g/mol. The summed E-state index contributed by atoms with van der Waals surface area (Å²) in [4.78, 5) is 22.9. The topological polar surface area (TPSA) is 52.6 Å². The second-order valence-corrected chi connectivity index (χ2v) is 4.73. The van der Waals surface area contributed by atoms with Crippen molar-refractivity contribution >= 4 is 11.9 Å². The van der Waals surface area contributed by atoms with Gasteiger partial charge in [0.1, 0.15) is 5.75 Å². The van der Waals surface area contributed by atoms with E-state index in [-0.39, 0.29) is 5.97 Å². The van der Waals surface area contributed by atoms with E-state index in [1.165, 1.54) is 18.2 Å². The van der Waals surface area contributed by atoms with Crippen LogP contribution in [0.4, 0.5) is 0 Å². The first-order chi connectivity index (χ1) is 10.7. The summed E-state index contributed by atoms with van der Waals surface area (Å²) in [7, 11) is 0. The fourth-order valence-electron chi connectivity index (χ4n) is 1.67. The number of hydrogen-bond donors (Lipinski definition) is 0. The van der Waals surface area contributed by atoms with Crippen LogP contribution in [-0.2, 0) is 20.7 Å². The van der Waals surface area contributed by atoms with Crippen LogP contribution >= 0.6 is 0 Å². The number of carbonyl (C=O) groups excluding carboxylic acids is 2. The Hall–Kier alpha value is -2.36. The molecule has 0 aromatic heterocycles. The number of ether oxygens (including phenoxy) is 2. The van der Waals surface area contributed by atoms with Gasteiger partial charge in [0.2, 0.25) is 0 Å². The molecule has 0 aliphatic heterocycles. The van der Waals surface area contributed by atoms with Crippen LogP contribution in [0.15, 0.2) is 49.1 Å². The Bertz CT molecular complexity index is 514. The second-order valence-electron chi connectivity index (χ2n) is 4.73. The fraction of sp³-hybridized carbons (Fsp3) is 0.333. The number of rotatable bonds is 9. The number of unbranched alkanes of at least 4 members (excludes halogenated alkanes) is 1. The summed E-state index contributed by atoms with van der Waals surface area (Å²) in [5, 5.41) is 0. The highest BCUT2D eigenvalue weighted by atomic mass is 16.5. The molecule has 0 N–H and O–H groups in total. The van der Waals surface area contributed by atoms with Gasteiger partial charge in [-0.15, -0.1) is 0 Å². The lowest BCUT2D eigenvalue weighted by atomic mass is 10.1. The molecule has 22 heavy (non-hydrogen) atoms. The van der Waals surface area contributed by atoms with E-state index < -0.39 is 5.97 Å². The molecule has 0 heterocycles. The molecule has 0 spiro atoms. The highest BCUT2D eigenvalue weighted by Crippen LogP contribution is 2.14. The zero-order chi connectivity index (χ0) is 16.2. The molecule has 0 aliphatic rings. The summed E-state index contributed by atoms with van der Waals surface area (Å²) in [6, 6.07) is 7.08. The first-order valence-corrected chi connectivity index (χ1v) is 7.41. The van der Waals surface area contributed by atoms with Gasteiger partial charge in [0.15, 0.2) is 0 Å². The van der Waals surface area contributed by atoms with E-state index in [9.17, 15) is 9.59 Å². The summed E-state index contributed by atoms with van der Waals surface area (Å²) in [5.74, 6) is -0.168. The Morgan fingerprint density at radius 2 is 1.95 bits per heavy atom. The fourth-order valence-corrected chi connectivity index (χ4v) is 1.67. The standard InChI is InChI=1S/C18H22O4/c1-3-5-7-18(20)22-16-11-8-15(9-12-16)10-13-17(19)21-14-6-4-2/h3,5,7-9,11-12H,1,4,6,10,13-14H2,2H3. The number of esters is 2. The van der Waals surface area contributed by atoms with Crippen LogP contribution in [0.5, 0.6) is 5.75 Å². The highest BCUT2D eigenvalue weighted by Gasteiger charge is 2.04. The lowest BCUT2D eigenvalue weighted by molar-refractivity contribution is -0.143. The minimum atomic E-state index is -0.452. The maximum Gasteiger partial charge on any atom is 0.336 e. The van der Waals surface area contributed by atoms with Crippen molar-refractivity contribution in [3.05, 3.63) is 54.6 Å². The van der Waals surface area contributed by atoms with E-state index in [1.807, 2.05) is 12.1 Å². The molecule has 0 atom stereocenters. The van der Waals surface area contributed by atoms with Gasteiger partial charge in [-0.3, -0.25) is 4.79 Å². The number of carbonyl (C=O) groups is 2. The maximum absolute atomic E-state index is 11.5. The molecule has 0 unspecified atom stereocenters. The van der Waals surface area contributed by atoms with Crippen LogP contribution in [0.25, 0.3) is 0 Å². The van der Waals surface area contributed by atoms with E-state index in [2.05, 4.69) is 13.5 Å². The van der Waals surface area contributed by atoms with Gasteiger partial charge < -0.3 is 9.47 Å². The summed E-state index contributed by atoms with van der Waals surface area (Å²) < 4.78 is 10.2. The first-order valence-electron chi connectivity index (χ1n) is 7.41. The third-order valence-corrected chi connectivity index (χ3v) is 2.89. The van der Waals surface area contributed by atoms with Crippen molar-refractivity contribution in [2.24, 2.45) is 0 Å². The van der Waals surface area contributed by atoms with Gasteiger partial charge in [-0.05, 0) is 30.5 Å². The van der Waals surface area contributed by atoms with Crippen molar-refractivity contribution in [2.45, 2.75) is 32.6 Å². The zero-order valence-electron chi connectivity index (χ0n) is 12.9. The van der Waals surface area contributed by atoms with Crippen molar-refractivity contribution in [2.75, 3.05) is 6.61 Å². The third kappa shape index (κ3) is 7.43. The predicted octanol–water partition coefficient (Wildman–Crippen LogP) is 3.61. The Morgan fingerprint density at radius 3 is 2.59 bits per heavy atom. The van der Waals surface area contributed by atoms with Crippen molar-refractivity contribution in [3.8, 4) is 5.75 Å². The van der Waals surface area contributed by atoms with Crippen LogP contribution in [0.2, 0.25) is 0 Å². The number of aryl methyl sites for hydroxylation is 1. The average Bonchev–Trinajstić information content (AvgIpc) is 2.52. The third-order valence-electron chi connectivity index (χ3n) is 2.89. The molecule has 1 rings (SSSR count). The minimum Gasteiger partial charge on any atom is -0.466 e. The molecule has 1 aromatic rings. The van der Waals surface area contributed by atoms with Crippen molar-refractivity contribution in [1.82, 2.24) is 0 Å². The summed E-state index contributed by atoms with van der Waals surface area (Å²) in [6.07, 6.45) is 7.18. The minimum absolute atomic E-state index is 0.182. The van der Waals surface area contributed by atoms with Crippen molar-refractivity contribution in [1.29, 1.82) is 0 Å². The van der Waals surface area contributed by atoms with Crippen LogP contribution in [0.1, 0.15) is 31.7 Å². The normalized spacial score (nSPS) is 10.4. The van der Waals surface area contributed by atoms with Gasteiger partial charge in [-0.2, -0.15) is 0 Å². The maximum atomic E-state index is 11.5. The molecule has 0 aliphatic carbocycles. The van der Waals surface area contributed by atoms with Crippen LogP contribution in [-0.4, -0.2) is 18.5 Å². The molecular weight excluding hydrogens is 280 g/mol. The van der Waals surface area contributed by atoms with Gasteiger partial charge in [0.25, 0.3) is 0 Å². The van der Waals surface area contributed by atoms with E-state index in [1.54, 1.807) is 12.1 Å². The molecule has 0 bridgehead atoms. The summed E-state index contributed by atoms with van der Waals surface area (Å²) in [5.41, 5.74) is 0.994. The molecule has 4 heteroatoms. The summed E-state index contributed by atoms with van der Waals surface area (Å²) >= 11 is 0. The predicted molar refractivity (Wildman–Crippen MR) is 85.6 cm³/mol.